The van der Waals surface area contributed by atoms with E-state index in [2.05, 4.69) is 32.0 Å². The van der Waals surface area contributed by atoms with Gasteiger partial charge in [-0.1, -0.05) is 33.6 Å². The molecule has 0 saturated heterocycles. The monoisotopic (exact) mass is 263 g/mol. The molecular formula is C18H33N. The summed E-state index contributed by atoms with van der Waals surface area (Å²) in [6.07, 6.45) is 17.1. The highest BCUT2D eigenvalue weighted by atomic mass is 14.9. The molecule has 0 aromatic rings. The molecule has 0 aromatic carbocycles. The molecule has 0 radical (unpaired) electrons. The van der Waals surface area contributed by atoms with Crippen LogP contribution in [0.1, 0.15) is 78.6 Å². The van der Waals surface area contributed by atoms with Gasteiger partial charge < -0.3 is 5.32 Å². The Bertz CT molecular complexity index is 268. The van der Waals surface area contributed by atoms with E-state index in [-0.39, 0.29) is 0 Å². The van der Waals surface area contributed by atoms with Crippen LogP contribution in [-0.4, -0.2) is 12.6 Å². The number of hydrogen-bond donors (Lipinski definition) is 1. The molecule has 0 bridgehead atoms. The fourth-order valence-electron chi connectivity index (χ4n) is 3.94. The third-order valence-electron chi connectivity index (χ3n) is 4.61. The van der Waals surface area contributed by atoms with E-state index in [1.54, 1.807) is 0 Å². The van der Waals surface area contributed by atoms with Gasteiger partial charge in [-0.05, 0) is 56.4 Å². The second kappa shape index (κ2) is 8.64. The molecule has 1 atom stereocenters. The Balaban J connectivity index is 2.68. The second-order valence-corrected chi connectivity index (χ2v) is 6.77. The lowest BCUT2D eigenvalue weighted by atomic mass is 9.71. The summed E-state index contributed by atoms with van der Waals surface area (Å²) in [7, 11) is 0. The number of rotatable bonds is 9. The third-order valence-corrected chi connectivity index (χ3v) is 4.61. The standard InChI is InChI=1S/C18H33N/c1-5-7-8-11-17(19-14-6-2)18(15-16(3)4)12-9-10-13-18/h1,16-17,19H,6-15H2,2-4H3. The fraction of sp³-hybridized carbons (Fsp3) is 0.889. The van der Waals surface area contributed by atoms with Crippen LogP contribution in [0.15, 0.2) is 0 Å². The predicted molar refractivity (Wildman–Crippen MR) is 85.1 cm³/mol. The lowest BCUT2D eigenvalue weighted by Crippen LogP contribution is -2.45. The first-order valence-electron chi connectivity index (χ1n) is 8.31. The largest absolute Gasteiger partial charge is 0.313 e. The van der Waals surface area contributed by atoms with Crippen molar-refractivity contribution in [3.63, 3.8) is 0 Å². The van der Waals surface area contributed by atoms with E-state index >= 15 is 0 Å². The Labute approximate surface area is 120 Å². The quantitative estimate of drug-likeness (QED) is 0.467. The molecule has 0 aliphatic heterocycles. The van der Waals surface area contributed by atoms with E-state index in [0.717, 1.165) is 18.9 Å². The van der Waals surface area contributed by atoms with Crippen LogP contribution in [-0.2, 0) is 0 Å². The van der Waals surface area contributed by atoms with Gasteiger partial charge in [0.2, 0.25) is 0 Å². The maximum absolute atomic E-state index is 5.41. The van der Waals surface area contributed by atoms with Gasteiger partial charge in [-0.25, -0.2) is 0 Å². The maximum atomic E-state index is 5.41. The van der Waals surface area contributed by atoms with Crippen molar-refractivity contribution >= 4 is 0 Å². The zero-order valence-corrected chi connectivity index (χ0v) is 13.3. The molecule has 0 aromatic heterocycles. The van der Waals surface area contributed by atoms with E-state index in [1.807, 2.05) is 0 Å². The molecule has 1 saturated carbocycles. The third kappa shape index (κ3) is 5.19. The SMILES string of the molecule is C#CCCCC(NCCC)C1(CC(C)C)CCCC1. The van der Waals surface area contributed by atoms with Crippen LogP contribution in [0.2, 0.25) is 0 Å². The molecule has 1 rings (SSSR count). The first kappa shape index (κ1) is 16.6. The van der Waals surface area contributed by atoms with Crippen LogP contribution in [0.5, 0.6) is 0 Å². The highest BCUT2D eigenvalue weighted by molar-refractivity contribution is 4.96. The van der Waals surface area contributed by atoms with Gasteiger partial charge in [0.05, 0.1) is 0 Å². The highest BCUT2D eigenvalue weighted by Crippen LogP contribution is 2.47. The zero-order valence-electron chi connectivity index (χ0n) is 13.3. The number of nitrogens with one attached hydrogen (secondary N) is 1. The predicted octanol–water partition coefficient (Wildman–Crippen LogP) is 4.76. The fourth-order valence-corrected chi connectivity index (χ4v) is 3.94. The van der Waals surface area contributed by atoms with Gasteiger partial charge in [0, 0.05) is 12.5 Å². The molecular weight excluding hydrogens is 230 g/mol. The topological polar surface area (TPSA) is 12.0 Å². The van der Waals surface area contributed by atoms with Crippen molar-refractivity contribution in [2.45, 2.75) is 84.6 Å². The van der Waals surface area contributed by atoms with E-state index in [9.17, 15) is 0 Å². The highest BCUT2D eigenvalue weighted by Gasteiger charge is 2.40. The van der Waals surface area contributed by atoms with Crippen molar-refractivity contribution in [2.75, 3.05) is 6.54 Å². The van der Waals surface area contributed by atoms with Gasteiger partial charge in [0.25, 0.3) is 0 Å². The lowest BCUT2D eigenvalue weighted by molar-refractivity contribution is 0.146. The van der Waals surface area contributed by atoms with Crippen LogP contribution in [0.25, 0.3) is 0 Å². The van der Waals surface area contributed by atoms with Crippen LogP contribution in [0.3, 0.4) is 0 Å². The Hall–Kier alpha value is -0.480. The zero-order chi connectivity index (χ0) is 14.1. The Morgan fingerprint density at radius 2 is 1.95 bits per heavy atom. The van der Waals surface area contributed by atoms with Gasteiger partial charge in [-0.15, -0.1) is 12.3 Å². The van der Waals surface area contributed by atoms with E-state index < -0.39 is 0 Å². The summed E-state index contributed by atoms with van der Waals surface area (Å²) in [5, 5.41) is 3.85. The molecule has 1 N–H and O–H groups in total. The molecule has 110 valence electrons. The minimum absolute atomic E-state index is 0.554. The summed E-state index contributed by atoms with van der Waals surface area (Å²) in [6.45, 7) is 8.16. The van der Waals surface area contributed by atoms with Crippen LogP contribution in [0.4, 0.5) is 0 Å². The Morgan fingerprint density at radius 3 is 2.47 bits per heavy atom. The summed E-state index contributed by atoms with van der Waals surface area (Å²) in [6, 6.07) is 0.686. The van der Waals surface area contributed by atoms with Crippen molar-refractivity contribution in [3.8, 4) is 12.3 Å². The molecule has 19 heavy (non-hydrogen) atoms. The van der Waals surface area contributed by atoms with Crippen LogP contribution >= 0.6 is 0 Å². The van der Waals surface area contributed by atoms with E-state index in [1.165, 1.54) is 51.4 Å². The molecule has 1 unspecified atom stereocenters. The number of unbranched alkanes of at least 4 members (excludes halogenated alkanes) is 1. The number of terminal acetylenes is 1. The first-order valence-corrected chi connectivity index (χ1v) is 8.31. The maximum Gasteiger partial charge on any atom is 0.0124 e. The van der Waals surface area contributed by atoms with Crippen LogP contribution < -0.4 is 5.32 Å². The summed E-state index contributed by atoms with van der Waals surface area (Å²) >= 11 is 0. The molecule has 1 nitrogen and oxygen atoms in total. The van der Waals surface area contributed by atoms with Crippen molar-refractivity contribution in [1.29, 1.82) is 0 Å². The number of hydrogen-bond acceptors (Lipinski definition) is 1. The minimum atomic E-state index is 0.554. The first-order chi connectivity index (χ1) is 9.14. The minimum Gasteiger partial charge on any atom is -0.313 e. The summed E-state index contributed by atoms with van der Waals surface area (Å²) in [5.74, 6) is 3.60. The second-order valence-electron chi connectivity index (χ2n) is 6.77. The van der Waals surface area contributed by atoms with Crippen molar-refractivity contribution in [1.82, 2.24) is 5.32 Å². The van der Waals surface area contributed by atoms with E-state index in [0.29, 0.717) is 11.5 Å². The van der Waals surface area contributed by atoms with Gasteiger partial charge in [-0.2, -0.15) is 0 Å². The smallest absolute Gasteiger partial charge is 0.0124 e. The summed E-state index contributed by atoms with van der Waals surface area (Å²) in [5.41, 5.74) is 0.554. The van der Waals surface area contributed by atoms with E-state index in [4.69, 9.17) is 6.42 Å². The molecule has 0 heterocycles. The Kier molecular flexibility index (Phi) is 7.54. The molecule has 0 spiro atoms. The van der Waals surface area contributed by atoms with Crippen molar-refractivity contribution in [3.05, 3.63) is 0 Å². The average Bonchev–Trinajstić information content (AvgIpc) is 2.82. The molecule has 0 amide bonds. The summed E-state index contributed by atoms with van der Waals surface area (Å²) < 4.78 is 0. The molecule has 1 aliphatic rings. The average molecular weight is 263 g/mol. The molecule has 1 fully saturated rings. The van der Waals surface area contributed by atoms with Gasteiger partial charge in [0.1, 0.15) is 0 Å². The molecule has 1 aliphatic carbocycles. The van der Waals surface area contributed by atoms with Crippen LogP contribution in [0, 0.1) is 23.7 Å². The van der Waals surface area contributed by atoms with Gasteiger partial charge in [0.15, 0.2) is 0 Å². The molecule has 1 heteroatoms. The van der Waals surface area contributed by atoms with Crippen molar-refractivity contribution < 1.29 is 0 Å². The summed E-state index contributed by atoms with van der Waals surface area (Å²) in [4.78, 5) is 0. The Morgan fingerprint density at radius 1 is 1.26 bits per heavy atom. The normalized spacial score (nSPS) is 19.5. The van der Waals surface area contributed by atoms with Gasteiger partial charge in [-0.3, -0.25) is 0 Å². The lowest BCUT2D eigenvalue weighted by Gasteiger charge is -2.40. The van der Waals surface area contributed by atoms with Gasteiger partial charge >= 0.3 is 0 Å². The van der Waals surface area contributed by atoms with Crippen molar-refractivity contribution in [2.24, 2.45) is 11.3 Å².